The maximum atomic E-state index is 11.3. The normalized spacial score (nSPS) is 12.4. The van der Waals surface area contributed by atoms with E-state index in [1.54, 1.807) is 17.4 Å². The Bertz CT molecular complexity index is 600. The average molecular weight is 293 g/mol. The topological polar surface area (TPSA) is 51.5 Å². The van der Waals surface area contributed by atoms with E-state index in [1.807, 2.05) is 0 Å². The van der Waals surface area contributed by atoms with Crippen LogP contribution < -0.4 is 5.32 Å². The van der Waals surface area contributed by atoms with Crippen molar-refractivity contribution in [1.29, 1.82) is 0 Å². The molecule has 0 amide bonds. The van der Waals surface area contributed by atoms with Gasteiger partial charge in [-0.1, -0.05) is 0 Å². The van der Waals surface area contributed by atoms with E-state index in [1.165, 1.54) is 28.7 Å². The standard InChI is InChI=1S/C15H19NO3S/c1-9-5-14(11(3)20-9)10(2)16-7-13-6-12(8-19-13)15(17)18-4/h5-6,8,10,16H,7H2,1-4H3. The summed E-state index contributed by atoms with van der Waals surface area (Å²) in [7, 11) is 1.36. The van der Waals surface area contributed by atoms with E-state index in [4.69, 9.17) is 4.42 Å². The van der Waals surface area contributed by atoms with Gasteiger partial charge in [-0.2, -0.15) is 0 Å². The highest BCUT2D eigenvalue weighted by molar-refractivity contribution is 7.12. The Morgan fingerprint density at radius 1 is 1.45 bits per heavy atom. The van der Waals surface area contributed by atoms with E-state index in [0.29, 0.717) is 12.1 Å². The first-order valence-electron chi connectivity index (χ1n) is 6.47. The number of hydrogen-bond acceptors (Lipinski definition) is 5. The van der Waals surface area contributed by atoms with Crippen molar-refractivity contribution in [3.05, 3.63) is 45.0 Å². The van der Waals surface area contributed by atoms with Crippen LogP contribution in [0, 0.1) is 13.8 Å². The molecule has 0 aliphatic rings. The van der Waals surface area contributed by atoms with Crippen LogP contribution in [0.2, 0.25) is 0 Å². The molecule has 0 saturated heterocycles. The van der Waals surface area contributed by atoms with Crippen LogP contribution in [-0.4, -0.2) is 13.1 Å². The molecule has 0 bridgehead atoms. The maximum Gasteiger partial charge on any atom is 0.341 e. The number of hydrogen-bond donors (Lipinski definition) is 1. The van der Waals surface area contributed by atoms with E-state index < -0.39 is 0 Å². The number of methoxy groups -OCH3 is 1. The fourth-order valence-electron chi connectivity index (χ4n) is 2.14. The zero-order chi connectivity index (χ0) is 14.7. The smallest absolute Gasteiger partial charge is 0.341 e. The van der Waals surface area contributed by atoms with Crippen LogP contribution in [0.4, 0.5) is 0 Å². The lowest BCUT2D eigenvalue weighted by molar-refractivity contribution is 0.0600. The summed E-state index contributed by atoms with van der Waals surface area (Å²) in [6, 6.07) is 4.16. The molecular weight excluding hydrogens is 274 g/mol. The largest absolute Gasteiger partial charge is 0.467 e. The fraction of sp³-hybridized carbons (Fsp3) is 0.400. The lowest BCUT2D eigenvalue weighted by atomic mass is 10.1. The Hall–Kier alpha value is -1.59. The number of carbonyl (C=O) groups is 1. The third-order valence-electron chi connectivity index (χ3n) is 3.20. The quantitative estimate of drug-likeness (QED) is 0.856. The molecule has 5 heteroatoms. The molecule has 0 aliphatic carbocycles. The van der Waals surface area contributed by atoms with Gasteiger partial charge < -0.3 is 14.5 Å². The second kappa shape index (κ2) is 6.24. The first-order valence-corrected chi connectivity index (χ1v) is 7.29. The molecule has 0 spiro atoms. The van der Waals surface area contributed by atoms with Crippen LogP contribution in [0.15, 0.2) is 22.8 Å². The third kappa shape index (κ3) is 3.29. The van der Waals surface area contributed by atoms with Crippen LogP contribution in [-0.2, 0) is 11.3 Å². The molecule has 0 fully saturated rings. The van der Waals surface area contributed by atoms with Crippen molar-refractivity contribution < 1.29 is 13.9 Å². The van der Waals surface area contributed by atoms with Gasteiger partial charge in [0.15, 0.2) is 0 Å². The molecule has 4 nitrogen and oxygen atoms in total. The highest BCUT2D eigenvalue weighted by Crippen LogP contribution is 2.26. The number of carbonyl (C=O) groups excluding carboxylic acids is 1. The van der Waals surface area contributed by atoms with E-state index in [-0.39, 0.29) is 12.0 Å². The second-order valence-corrected chi connectivity index (χ2v) is 6.22. The highest BCUT2D eigenvalue weighted by atomic mass is 32.1. The van der Waals surface area contributed by atoms with Gasteiger partial charge in [-0.15, -0.1) is 11.3 Å². The summed E-state index contributed by atoms with van der Waals surface area (Å²) in [4.78, 5) is 14.0. The summed E-state index contributed by atoms with van der Waals surface area (Å²) in [5, 5.41) is 3.40. The van der Waals surface area contributed by atoms with Crippen molar-refractivity contribution in [2.75, 3.05) is 7.11 Å². The summed E-state index contributed by atoms with van der Waals surface area (Å²) < 4.78 is 9.99. The van der Waals surface area contributed by atoms with Crippen LogP contribution >= 0.6 is 11.3 Å². The van der Waals surface area contributed by atoms with Crippen LogP contribution in [0.25, 0.3) is 0 Å². The lowest BCUT2D eigenvalue weighted by Gasteiger charge is -2.12. The van der Waals surface area contributed by atoms with E-state index in [2.05, 4.69) is 36.9 Å². The van der Waals surface area contributed by atoms with E-state index in [0.717, 1.165) is 5.76 Å². The average Bonchev–Trinajstić information content (AvgIpc) is 3.01. The van der Waals surface area contributed by atoms with Gasteiger partial charge in [0.2, 0.25) is 0 Å². The van der Waals surface area contributed by atoms with Crippen molar-refractivity contribution in [2.24, 2.45) is 0 Å². The molecule has 1 unspecified atom stereocenters. The molecule has 108 valence electrons. The van der Waals surface area contributed by atoms with Gasteiger partial charge in [-0.3, -0.25) is 0 Å². The molecule has 2 rings (SSSR count). The van der Waals surface area contributed by atoms with E-state index in [9.17, 15) is 4.79 Å². The molecule has 20 heavy (non-hydrogen) atoms. The summed E-state index contributed by atoms with van der Waals surface area (Å²) in [5.74, 6) is 0.346. The van der Waals surface area contributed by atoms with E-state index >= 15 is 0 Å². The van der Waals surface area contributed by atoms with Gasteiger partial charge >= 0.3 is 5.97 Å². The van der Waals surface area contributed by atoms with Crippen LogP contribution in [0.5, 0.6) is 0 Å². The number of rotatable bonds is 5. The maximum absolute atomic E-state index is 11.3. The predicted molar refractivity (Wildman–Crippen MR) is 79.1 cm³/mol. The molecule has 2 aromatic rings. The van der Waals surface area contributed by atoms with Gasteiger partial charge in [-0.25, -0.2) is 4.79 Å². The minimum Gasteiger partial charge on any atom is -0.467 e. The number of esters is 1. The number of nitrogens with one attached hydrogen (secondary N) is 1. The molecule has 0 saturated carbocycles. The number of thiophene rings is 1. The second-order valence-electron chi connectivity index (χ2n) is 4.76. The van der Waals surface area contributed by atoms with Crippen molar-refractivity contribution in [2.45, 2.75) is 33.4 Å². The van der Waals surface area contributed by atoms with Gasteiger partial charge in [0, 0.05) is 15.8 Å². The Morgan fingerprint density at radius 2 is 2.20 bits per heavy atom. The van der Waals surface area contributed by atoms with Crippen molar-refractivity contribution in [1.82, 2.24) is 5.32 Å². The number of furan rings is 1. The Morgan fingerprint density at radius 3 is 2.80 bits per heavy atom. The zero-order valence-electron chi connectivity index (χ0n) is 12.1. The van der Waals surface area contributed by atoms with Gasteiger partial charge in [0.05, 0.1) is 19.2 Å². The Balaban J connectivity index is 1.96. The highest BCUT2D eigenvalue weighted by Gasteiger charge is 2.13. The fourth-order valence-corrected chi connectivity index (χ4v) is 3.16. The summed E-state index contributed by atoms with van der Waals surface area (Å²) >= 11 is 1.81. The first-order chi connectivity index (χ1) is 9.51. The number of ether oxygens (including phenoxy) is 1. The SMILES string of the molecule is COC(=O)c1coc(CNC(C)c2cc(C)sc2C)c1. The molecule has 0 aromatic carbocycles. The third-order valence-corrected chi connectivity index (χ3v) is 4.18. The van der Waals surface area contributed by atoms with Crippen molar-refractivity contribution >= 4 is 17.3 Å². The predicted octanol–water partition coefficient (Wildman–Crippen LogP) is 3.60. The number of aryl methyl sites for hydroxylation is 2. The molecule has 2 heterocycles. The summed E-state index contributed by atoms with van der Waals surface area (Å²) in [6.45, 7) is 6.95. The van der Waals surface area contributed by atoms with Gasteiger partial charge in [0.25, 0.3) is 0 Å². The van der Waals surface area contributed by atoms with Gasteiger partial charge in [-0.05, 0) is 38.5 Å². The monoisotopic (exact) mass is 293 g/mol. The summed E-state index contributed by atoms with van der Waals surface area (Å²) in [5.41, 5.74) is 1.76. The van der Waals surface area contributed by atoms with Crippen molar-refractivity contribution in [3.8, 4) is 0 Å². The molecule has 2 aromatic heterocycles. The Labute approximate surface area is 122 Å². The minimum atomic E-state index is -0.377. The first kappa shape index (κ1) is 14.8. The molecule has 0 aliphatic heterocycles. The van der Waals surface area contributed by atoms with Gasteiger partial charge in [0.1, 0.15) is 12.0 Å². The molecule has 1 N–H and O–H groups in total. The summed E-state index contributed by atoms with van der Waals surface area (Å²) in [6.07, 6.45) is 1.42. The molecular formula is C15H19NO3S. The van der Waals surface area contributed by atoms with Crippen molar-refractivity contribution in [3.63, 3.8) is 0 Å². The lowest BCUT2D eigenvalue weighted by Crippen LogP contribution is -2.17. The van der Waals surface area contributed by atoms with Crippen LogP contribution in [0.3, 0.4) is 0 Å². The Kier molecular flexibility index (Phi) is 4.62. The molecule has 1 atom stereocenters. The molecule has 0 radical (unpaired) electrons. The minimum absolute atomic E-state index is 0.242. The zero-order valence-corrected chi connectivity index (χ0v) is 13.0. The van der Waals surface area contributed by atoms with Crippen LogP contribution in [0.1, 0.15) is 44.4 Å².